The van der Waals surface area contributed by atoms with E-state index in [1.165, 1.54) is 28.5 Å². The second-order valence-electron chi connectivity index (χ2n) is 4.11. The molecule has 3 nitrogen and oxygen atoms in total. The molecular formula is C13H17N3S. The van der Waals surface area contributed by atoms with Crippen LogP contribution in [0.5, 0.6) is 0 Å². The van der Waals surface area contributed by atoms with Gasteiger partial charge in [0.1, 0.15) is 0 Å². The van der Waals surface area contributed by atoms with Gasteiger partial charge in [-0.1, -0.05) is 25.1 Å². The van der Waals surface area contributed by atoms with Crippen molar-refractivity contribution in [1.82, 2.24) is 8.75 Å². The van der Waals surface area contributed by atoms with Crippen LogP contribution >= 0.6 is 11.7 Å². The Morgan fingerprint density at radius 3 is 2.71 bits per heavy atom. The number of anilines is 1. The fourth-order valence-corrected chi connectivity index (χ4v) is 2.42. The van der Waals surface area contributed by atoms with Crippen LogP contribution in [0.3, 0.4) is 0 Å². The molecule has 1 aromatic heterocycles. The average molecular weight is 247 g/mol. The maximum atomic E-state index is 4.28. The number of aryl methyl sites for hydroxylation is 3. The second-order valence-corrected chi connectivity index (χ2v) is 4.64. The van der Waals surface area contributed by atoms with Crippen molar-refractivity contribution in [2.75, 3.05) is 5.32 Å². The Morgan fingerprint density at radius 1 is 1.24 bits per heavy atom. The largest absolute Gasteiger partial charge is 0.379 e. The quantitative estimate of drug-likeness (QED) is 0.900. The molecule has 0 fully saturated rings. The summed E-state index contributed by atoms with van der Waals surface area (Å²) in [6.45, 7) is 7.06. The fourth-order valence-electron chi connectivity index (χ4n) is 1.86. The standard InChI is InChI=1S/C13H17N3S/c1-4-11-7-5-6-9(2)13(11)14-8-12-10(3)15-17-16-12/h5-7,14H,4,8H2,1-3H3. The minimum absolute atomic E-state index is 0.750. The van der Waals surface area contributed by atoms with Crippen LogP contribution in [-0.4, -0.2) is 8.75 Å². The third-order valence-corrected chi connectivity index (χ3v) is 3.58. The Bertz CT molecular complexity index is 505. The molecule has 0 aliphatic carbocycles. The lowest BCUT2D eigenvalue weighted by molar-refractivity contribution is 1.03. The lowest BCUT2D eigenvalue weighted by Gasteiger charge is -2.13. The first-order valence-corrected chi connectivity index (χ1v) is 6.55. The third kappa shape index (κ3) is 2.64. The third-order valence-electron chi connectivity index (χ3n) is 2.92. The van der Waals surface area contributed by atoms with E-state index >= 15 is 0 Å². The Labute approximate surface area is 106 Å². The Hall–Kier alpha value is -1.42. The Morgan fingerprint density at radius 2 is 2.06 bits per heavy atom. The van der Waals surface area contributed by atoms with E-state index in [2.05, 4.69) is 46.1 Å². The summed E-state index contributed by atoms with van der Waals surface area (Å²) in [5.74, 6) is 0. The maximum absolute atomic E-state index is 4.28. The summed E-state index contributed by atoms with van der Waals surface area (Å²) >= 11 is 1.28. The molecule has 0 radical (unpaired) electrons. The molecule has 0 aliphatic rings. The average Bonchev–Trinajstić information content (AvgIpc) is 2.73. The van der Waals surface area contributed by atoms with Gasteiger partial charge in [0.05, 0.1) is 29.7 Å². The predicted octanol–water partition coefficient (Wildman–Crippen LogP) is 3.33. The zero-order valence-electron chi connectivity index (χ0n) is 10.4. The second kappa shape index (κ2) is 5.27. The molecule has 0 saturated heterocycles. The van der Waals surface area contributed by atoms with Crippen molar-refractivity contribution in [3.8, 4) is 0 Å². The summed E-state index contributed by atoms with van der Waals surface area (Å²) in [7, 11) is 0. The molecule has 0 saturated carbocycles. The number of para-hydroxylation sites is 1. The van der Waals surface area contributed by atoms with Gasteiger partial charge in [0.15, 0.2) is 0 Å². The van der Waals surface area contributed by atoms with Gasteiger partial charge in [0, 0.05) is 5.69 Å². The summed E-state index contributed by atoms with van der Waals surface area (Å²) in [4.78, 5) is 0. The van der Waals surface area contributed by atoms with Crippen LogP contribution < -0.4 is 5.32 Å². The highest BCUT2D eigenvalue weighted by atomic mass is 32.1. The van der Waals surface area contributed by atoms with Crippen LogP contribution in [0.2, 0.25) is 0 Å². The summed E-state index contributed by atoms with van der Waals surface area (Å²) in [6.07, 6.45) is 1.04. The molecular weight excluding hydrogens is 230 g/mol. The Kier molecular flexibility index (Phi) is 3.74. The van der Waals surface area contributed by atoms with E-state index < -0.39 is 0 Å². The van der Waals surface area contributed by atoms with Gasteiger partial charge in [-0.3, -0.25) is 0 Å². The summed E-state index contributed by atoms with van der Waals surface area (Å²) in [6, 6.07) is 6.41. The molecule has 4 heteroatoms. The van der Waals surface area contributed by atoms with Gasteiger partial charge >= 0.3 is 0 Å². The number of benzene rings is 1. The van der Waals surface area contributed by atoms with Crippen LogP contribution in [0.1, 0.15) is 29.4 Å². The van der Waals surface area contributed by atoms with Crippen LogP contribution in [0, 0.1) is 13.8 Å². The first-order valence-electron chi connectivity index (χ1n) is 5.82. The molecule has 2 rings (SSSR count). The number of nitrogens with one attached hydrogen (secondary N) is 1. The van der Waals surface area contributed by atoms with Crippen molar-refractivity contribution in [1.29, 1.82) is 0 Å². The molecule has 90 valence electrons. The number of hydrogen-bond donors (Lipinski definition) is 1. The van der Waals surface area contributed by atoms with Gasteiger partial charge in [-0.25, -0.2) is 0 Å². The highest BCUT2D eigenvalue weighted by Crippen LogP contribution is 2.21. The van der Waals surface area contributed by atoms with E-state index in [1.54, 1.807) is 0 Å². The molecule has 0 amide bonds. The molecule has 0 bridgehead atoms. The minimum Gasteiger partial charge on any atom is -0.379 e. The van der Waals surface area contributed by atoms with Crippen molar-refractivity contribution in [3.05, 3.63) is 40.7 Å². The van der Waals surface area contributed by atoms with Crippen molar-refractivity contribution < 1.29 is 0 Å². The number of rotatable bonds is 4. The molecule has 2 aromatic rings. The molecule has 1 heterocycles. The van der Waals surface area contributed by atoms with E-state index in [0.29, 0.717) is 0 Å². The monoisotopic (exact) mass is 247 g/mol. The lowest BCUT2D eigenvalue weighted by Crippen LogP contribution is -2.05. The van der Waals surface area contributed by atoms with E-state index in [0.717, 1.165) is 24.4 Å². The van der Waals surface area contributed by atoms with Crippen LogP contribution in [0.15, 0.2) is 18.2 Å². The number of hydrogen-bond acceptors (Lipinski definition) is 4. The molecule has 1 N–H and O–H groups in total. The molecule has 0 atom stereocenters. The highest BCUT2D eigenvalue weighted by Gasteiger charge is 2.06. The number of aromatic nitrogens is 2. The Balaban J connectivity index is 2.16. The number of nitrogens with zero attached hydrogens (tertiary/aromatic N) is 2. The molecule has 0 unspecified atom stereocenters. The van der Waals surface area contributed by atoms with Crippen molar-refractivity contribution in [2.24, 2.45) is 0 Å². The van der Waals surface area contributed by atoms with Crippen molar-refractivity contribution in [3.63, 3.8) is 0 Å². The summed E-state index contributed by atoms with van der Waals surface area (Å²) < 4.78 is 8.47. The zero-order valence-corrected chi connectivity index (χ0v) is 11.3. The van der Waals surface area contributed by atoms with Gasteiger partial charge in [0.2, 0.25) is 0 Å². The normalized spacial score (nSPS) is 10.5. The van der Waals surface area contributed by atoms with Gasteiger partial charge in [0.25, 0.3) is 0 Å². The van der Waals surface area contributed by atoms with E-state index in [1.807, 2.05) is 6.92 Å². The van der Waals surface area contributed by atoms with Gasteiger partial charge in [-0.05, 0) is 31.4 Å². The van der Waals surface area contributed by atoms with E-state index in [4.69, 9.17) is 0 Å². The van der Waals surface area contributed by atoms with E-state index in [-0.39, 0.29) is 0 Å². The maximum Gasteiger partial charge on any atom is 0.0962 e. The molecule has 17 heavy (non-hydrogen) atoms. The fraction of sp³-hybridized carbons (Fsp3) is 0.385. The smallest absolute Gasteiger partial charge is 0.0962 e. The summed E-state index contributed by atoms with van der Waals surface area (Å²) in [5.41, 5.74) is 5.94. The first kappa shape index (κ1) is 12.0. The van der Waals surface area contributed by atoms with Crippen molar-refractivity contribution >= 4 is 17.4 Å². The first-order chi connectivity index (χ1) is 8.22. The van der Waals surface area contributed by atoms with Gasteiger partial charge in [-0.15, -0.1) is 0 Å². The van der Waals surface area contributed by atoms with E-state index in [9.17, 15) is 0 Å². The van der Waals surface area contributed by atoms with Crippen molar-refractivity contribution in [2.45, 2.75) is 33.7 Å². The van der Waals surface area contributed by atoms with Crippen LogP contribution in [0.4, 0.5) is 5.69 Å². The SMILES string of the molecule is CCc1cccc(C)c1NCc1nsnc1C. The van der Waals surface area contributed by atoms with Gasteiger partial charge < -0.3 is 5.32 Å². The minimum atomic E-state index is 0.750. The molecule has 0 aliphatic heterocycles. The van der Waals surface area contributed by atoms with Crippen LogP contribution in [0.25, 0.3) is 0 Å². The molecule has 1 aromatic carbocycles. The zero-order chi connectivity index (χ0) is 12.3. The highest BCUT2D eigenvalue weighted by molar-refractivity contribution is 6.99. The summed E-state index contributed by atoms with van der Waals surface area (Å²) in [5, 5.41) is 3.48. The topological polar surface area (TPSA) is 37.8 Å². The lowest BCUT2D eigenvalue weighted by atomic mass is 10.1. The van der Waals surface area contributed by atoms with Gasteiger partial charge in [-0.2, -0.15) is 8.75 Å². The predicted molar refractivity (Wildman–Crippen MR) is 72.5 cm³/mol. The molecule has 0 spiro atoms. The van der Waals surface area contributed by atoms with Crippen LogP contribution in [-0.2, 0) is 13.0 Å².